The number of amides is 1. The summed E-state index contributed by atoms with van der Waals surface area (Å²) < 4.78 is 6.10. The van der Waals surface area contributed by atoms with Crippen molar-refractivity contribution in [1.29, 1.82) is 5.26 Å². The molecule has 2 N–H and O–H groups in total. The summed E-state index contributed by atoms with van der Waals surface area (Å²) in [5, 5.41) is 11.6. The molecule has 1 heterocycles. The number of thiazole rings is 1. The molecular weight excluding hydrogens is 362 g/mol. The maximum Gasteiger partial charge on any atom is 0.266 e. The van der Waals surface area contributed by atoms with Crippen molar-refractivity contribution in [1.82, 2.24) is 4.98 Å². The van der Waals surface area contributed by atoms with E-state index in [9.17, 15) is 9.59 Å². The molecular formula is C20H15N3O3S. The molecule has 3 aromatic rings. The van der Waals surface area contributed by atoms with Crippen LogP contribution in [0.2, 0.25) is 0 Å². The van der Waals surface area contributed by atoms with Gasteiger partial charge in [-0.1, -0.05) is 24.3 Å². The normalized spacial score (nSPS) is 11.9. The molecule has 0 aliphatic rings. The molecule has 0 fully saturated rings. The van der Waals surface area contributed by atoms with Gasteiger partial charge in [-0.3, -0.25) is 9.59 Å². The van der Waals surface area contributed by atoms with Crippen LogP contribution < -0.4 is 24.8 Å². The van der Waals surface area contributed by atoms with Crippen LogP contribution in [0, 0.1) is 11.3 Å². The van der Waals surface area contributed by atoms with E-state index in [1.807, 2.05) is 6.07 Å². The van der Waals surface area contributed by atoms with Gasteiger partial charge in [0.2, 0.25) is 0 Å². The van der Waals surface area contributed by atoms with Crippen LogP contribution in [-0.2, 0) is 4.79 Å². The van der Waals surface area contributed by atoms with E-state index in [1.165, 1.54) is 24.5 Å². The number of nitrogens with one attached hydrogen (secondary N) is 2. The highest BCUT2D eigenvalue weighted by Gasteiger charge is 2.05. The van der Waals surface area contributed by atoms with Crippen LogP contribution >= 0.6 is 11.3 Å². The number of carbonyl (C=O) groups excluding carboxylic acids is 1. The monoisotopic (exact) mass is 377 g/mol. The Labute approximate surface area is 158 Å². The van der Waals surface area contributed by atoms with Crippen molar-refractivity contribution >= 4 is 35.1 Å². The highest BCUT2D eigenvalue weighted by Crippen LogP contribution is 2.22. The molecule has 0 unspecified atom stereocenters. The Morgan fingerprint density at radius 3 is 2.67 bits per heavy atom. The van der Waals surface area contributed by atoms with Crippen molar-refractivity contribution in [3.8, 4) is 11.8 Å². The number of hydrogen-bond donors (Lipinski definition) is 2. The number of ether oxygens (including phenoxy) is 1. The Morgan fingerprint density at radius 2 is 1.96 bits per heavy atom. The quantitative estimate of drug-likeness (QED) is 0.721. The van der Waals surface area contributed by atoms with Gasteiger partial charge in [0.05, 0.1) is 29.0 Å². The molecule has 1 amide bonds. The first-order valence-corrected chi connectivity index (χ1v) is 8.77. The van der Waals surface area contributed by atoms with Gasteiger partial charge in [0, 0.05) is 6.08 Å². The molecule has 0 aliphatic carbocycles. The zero-order valence-corrected chi connectivity index (χ0v) is 15.2. The largest absolute Gasteiger partial charge is 0.495 e. The second kappa shape index (κ2) is 8.17. The van der Waals surface area contributed by atoms with Gasteiger partial charge in [-0.25, -0.2) is 0 Å². The number of methoxy groups -OCH3 is 1. The minimum Gasteiger partial charge on any atom is -0.495 e. The minimum absolute atomic E-state index is 0.277. The van der Waals surface area contributed by atoms with Crippen LogP contribution in [0.1, 0.15) is 11.1 Å². The fraction of sp³-hybridized carbons (Fsp3) is 0.0500. The standard InChI is InChI=1S/C20H15N3O3S/c1-26-16-5-3-2-4-15(16)22-18(24)11-19-23-20(25)17(27-19)10-13-6-8-14(12-21)9-7-13/h2-11H,1H3,(H,22,24)(H,23,25)/b17-10-,19-11-. The summed E-state index contributed by atoms with van der Waals surface area (Å²) in [6.07, 6.45) is 3.04. The topological polar surface area (TPSA) is 95.0 Å². The summed E-state index contributed by atoms with van der Waals surface area (Å²) in [5.74, 6) is 0.177. The summed E-state index contributed by atoms with van der Waals surface area (Å²) in [6, 6.07) is 16.0. The second-order valence-electron chi connectivity index (χ2n) is 5.50. The molecule has 134 valence electrons. The summed E-state index contributed by atoms with van der Waals surface area (Å²) in [6.45, 7) is 0. The van der Waals surface area contributed by atoms with Gasteiger partial charge in [0.1, 0.15) is 10.4 Å². The summed E-state index contributed by atoms with van der Waals surface area (Å²) >= 11 is 1.18. The van der Waals surface area contributed by atoms with Gasteiger partial charge >= 0.3 is 0 Å². The number of para-hydroxylation sites is 2. The smallest absolute Gasteiger partial charge is 0.266 e. The second-order valence-corrected chi connectivity index (χ2v) is 6.58. The Bertz CT molecular complexity index is 1180. The highest BCUT2D eigenvalue weighted by molar-refractivity contribution is 7.07. The van der Waals surface area contributed by atoms with Gasteiger partial charge < -0.3 is 15.0 Å². The number of hydrogen-bond acceptors (Lipinski definition) is 5. The SMILES string of the molecule is COc1ccccc1NC(=O)/C=c1/[nH]c(=O)/c(=C/c2ccc(C#N)cc2)s1. The lowest BCUT2D eigenvalue weighted by Gasteiger charge is -2.07. The maximum atomic E-state index is 12.2. The molecule has 27 heavy (non-hydrogen) atoms. The number of H-pyrrole nitrogens is 1. The predicted molar refractivity (Wildman–Crippen MR) is 105 cm³/mol. The third-order valence-electron chi connectivity index (χ3n) is 3.65. The van der Waals surface area contributed by atoms with Crippen LogP contribution in [0.3, 0.4) is 0 Å². The van der Waals surface area contributed by atoms with Crippen molar-refractivity contribution in [3.63, 3.8) is 0 Å². The molecule has 0 bridgehead atoms. The average molecular weight is 377 g/mol. The van der Waals surface area contributed by atoms with E-state index in [4.69, 9.17) is 10.00 Å². The number of benzene rings is 2. The van der Waals surface area contributed by atoms with Gasteiger partial charge in [-0.05, 0) is 35.9 Å². The fourth-order valence-electron chi connectivity index (χ4n) is 2.37. The number of rotatable bonds is 4. The van der Waals surface area contributed by atoms with Crippen molar-refractivity contribution in [2.24, 2.45) is 0 Å². The molecule has 0 spiro atoms. The van der Waals surface area contributed by atoms with E-state index in [1.54, 1.807) is 54.6 Å². The minimum atomic E-state index is -0.373. The predicted octanol–water partition coefficient (Wildman–Crippen LogP) is 1.56. The Kier molecular flexibility index (Phi) is 5.50. The van der Waals surface area contributed by atoms with Gasteiger partial charge in [0.15, 0.2) is 0 Å². The fourth-order valence-corrected chi connectivity index (χ4v) is 3.25. The van der Waals surface area contributed by atoms with Crippen molar-refractivity contribution < 1.29 is 9.53 Å². The number of aromatic amines is 1. The molecule has 1 aromatic heterocycles. The summed E-state index contributed by atoms with van der Waals surface area (Å²) in [5.41, 5.74) is 1.62. The summed E-state index contributed by atoms with van der Waals surface area (Å²) in [7, 11) is 1.52. The highest BCUT2D eigenvalue weighted by atomic mass is 32.1. The molecule has 0 saturated heterocycles. The molecule has 7 heteroatoms. The molecule has 0 radical (unpaired) electrons. The van der Waals surface area contributed by atoms with E-state index < -0.39 is 0 Å². The number of carbonyl (C=O) groups is 1. The van der Waals surface area contributed by atoms with E-state index in [0.29, 0.717) is 26.2 Å². The van der Waals surface area contributed by atoms with E-state index in [2.05, 4.69) is 10.3 Å². The number of nitriles is 1. The Balaban J connectivity index is 1.86. The number of nitrogens with zero attached hydrogens (tertiary/aromatic N) is 1. The van der Waals surface area contributed by atoms with E-state index >= 15 is 0 Å². The van der Waals surface area contributed by atoms with Crippen LogP contribution in [0.25, 0.3) is 12.2 Å². The third-order valence-corrected chi connectivity index (χ3v) is 4.61. The molecule has 2 aromatic carbocycles. The zero-order chi connectivity index (χ0) is 19.2. The van der Waals surface area contributed by atoms with Crippen molar-refractivity contribution in [2.45, 2.75) is 0 Å². The van der Waals surface area contributed by atoms with Crippen molar-refractivity contribution in [2.75, 3.05) is 12.4 Å². The molecule has 0 atom stereocenters. The first-order valence-electron chi connectivity index (χ1n) is 7.96. The molecule has 3 rings (SSSR count). The van der Waals surface area contributed by atoms with Gasteiger partial charge in [-0.2, -0.15) is 5.26 Å². The average Bonchev–Trinajstić information content (AvgIpc) is 3.01. The van der Waals surface area contributed by atoms with Gasteiger partial charge in [0.25, 0.3) is 11.5 Å². The number of aromatic nitrogens is 1. The Hall–Kier alpha value is -3.63. The van der Waals surface area contributed by atoms with Crippen LogP contribution in [0.4, 0.5) is 5.69 Å². The molecule has 6 nitrogen and oxygen atoms in total. The van der Waals surface area contributed by atoms with Gasteiger partial charge in [-0.15, -0.1) is 11.3 Å². The molecule has 0 saturated carbocycles. The number of anilines is 1. The first-order chi connectivity index (χ1) is 13.1. The third kappa shape index (κ3) is 4.51. The van der Waals surface area contributed by atoms with Crippen LogP contribution in [0.5, 0.6) is 5.75 Å². The van der Waals surface area contributed by atoms with Crippen molar-refractivity contribution in [3.05, 3.63) is 79.2 Å². The van der Waals surface area contributed by atoms with E-state index in [0.717, 1.165) is 5.56 Å². The van der Waals surface area contributed by atoms with Crippen LogP contribution in [0.15, 0.2) is 53.3 Å². The van der Waals surface area contributed by atoms with E-state index in [-0.39, 0.29) is 11.5 Å². The van der Waals surface area contributed by atoms with Crippen LogP contribution in [-0.4, -0.2) is 18.0 Å². The maximum absolute atomic E-state index is 12.2. The first kappa shape index (κ1) is 18.2. The summed E-state index contributed by atoms with van der Waals surface area (Å²) in [4.78, 5) is 27.0. The lowest BCUT2D eigenvalue weighted by Crippen LogP contribution is -2.20. The lowest BCUT2D eigenvalue weighted by atomic mass is 10.1. The molecule has 0 aliphatic heterocycles. The zero-order valence-electron chi connectivity index (χ0n) is 14.4. The lowest BCUT2D eigenvalue weighted by molar-refractivity contribution is -0.110. The Morgan fingerprint density at radius 1 is 1.22 bits per heavy atom.